The number of ether oxygens (including phenoxy) is 1. The molecule has 1 heterocycles. The normalized spacial score (nSPS) is 12.7. The predicted octanol–water partition coefficient (Wildman–Crippen LogP) is 6.32. The number of nitrogens with one attached hydrogen (secondary N) is 1. The van der Waals surface area contributed by atoms with Crippen molar-refractivity contribution < 1.29 is 17.9 Å². The Labute approximate surface area is 158 Å². The van der Waals surface area contributed by atoms with E-state index in [4.69, 9.17) is 4.74 Å². The van der Waals surface area contributed by atoms with Gasteiger partial charge in [0.1, 0.15) is 5.56 Å². The van der Waals surface area contributed by atoms with Gasteiger partial charge in [0.2, 0.25) is 11.8 Å². The Kier molecular flexibility index (Phi) is 7.45. The summed E-state index contributed by atoms with van der Waals surface area (Å²) in [6, 6.07) is 7.71. The third-order valence-electron chi connectivity index (χ3n) is 4.39. The number of rotatable bonds is 9. The monoisotopic (exact) mass is 381 g/mol. The van der Waals surface area contributed by atoms with Crippen molar-refractivity contribution in [2.24, 2.45) is 0 Å². The highest BCUT2D eigenvalue weighted by Gasteiger charge is 2.36. The number of alkyl halides is 3. The highest BCUT2D eigenvalue weighted by molar-refractivity contribution is 5.54. The fourth-order valence-electron chi connectivity index (χ4n) is 2.51. The summed E-state index contributed by atoms with van der Waals surface area (Å²) in [4.78, 5) is 7.74. The van der Waals surface area contributed by atoms with E-state index >= 15 is 0 Å². The third-order valence-corrected chi connectivity index (χ3v) is 4.39. The van der Waals surface area contributed by atoms with Crippen molar-refractivity contribution in [1.29, 1.82) is 0 Å². The average Bonchev–Trinajstić information content (AvgIpc) is 2.64. The van der Waals surface area contributed by atoms with Crippen LogP contribution in [0, 0.1) is 0 Å². The van der Waals surface area contributed by atoms with Gasteiger partial charge in [-0.3, -0.25) is 0 Å². The first-order valence-corrected chi connectivity index (χ1v) is 9.29. The van der Waals surface area contributed by atoms with E-state index < -0.39 is 17.6 Å². The molecule has 0 bridgehead atoms. The highest BCUT2D eigenvalue weighted by Crippen LogP contribution is 2.35. The molecule has 1 N–H and O–H groups in total. The highest BCUT2D eigenvalue weighted by atomic mass is 19.4. The number of nitrogens with zero attached hydrogens (tertiary/aromatic N) is 2. The molecule has 0 aliphatic heterocycles. The fraction of sp³-hybridized carbons (Fsp3) is 0.500. The summed E-state index contributed by atoms with van der Waals surface area (Å²) in [5.74, 6) is 0.0848. The SMILES string of the molecule is CCCCCOc1nc(Nc2ccc(C(C)CC)cc2)ncc1C(F)(F)F. The fourth-order valence-corrected chi connectivity index (χ4v) is 2.51. The van der Waals surface area contributed by atoms with Gasteiger partial charge in [0.05, 0.1) is 6.61 Å². The van der Waals surface area contributed by atoms with Gasteiger partial charge in [-0.05, 0) is 36.5 Å². The molecule has 1 aromatic heterocycles. The number of hydrogen-bond acceptors (Lipinski definition) is 4. The molecule has 0 saturated carbocycles. The topological polar surface area (TPSA) is 47.0 Å². The smallest absolute Gasteiger partial charge is 0.423 e. The molecule has 1 atom stereocenters. The summed E-state index contributed by atoms with van der Waals surface area (Å²) in [6.07, 6.45) is -0.238. The number of benzene rings is 1. The summed E-state index contributed by atoms with van der Waals surface area (Å²) >= 11 is 0. The maximum atomic E-state index is 13.2. The number of halogens is 3. The zero-order valence-electron chi connectivity index (χ0n) is 15.9. The van der Waals surface area contributed by atoms with Gasteiger partial charge < -0.3 is 10.1 Å². The lowest BCUT2D eigenvalue weighted by atomic mass is 9.99. The van der Waals surface area contributed by atoms with E-state index in [1.54, 1.807) is 0 Å². The molecule has 4 nitrogen and oxygen atoms in total. The minimum atomic E-state index is -4.56. The summed E-state index contributed by atoms with van der Waals surface area (Å²) in [6.45, 7) is 6.47. The first kappa shape index (κ1) is 21.0. The molecule has 7 heteroatoms. The summed E-state index contributed by atoms with van der Waals surface area (Å²) in [5.41, 5.74) is 0.951. The van der Waals surface area contributed by atoms with E-state index in [0.717, 1.165) is 25.5 Å². The second-order valence-corrected chi connectivity index (χ2v) is 6.52. The van der Waals surface area contributed by atoms with Gasteiger partial charge in [-0.25, -0.2) is 4.98 Å². The second kappa shape index (κ2) is 9.58. The molecule has 2 aromatic rings. The van der Waals surface area contributed by atoms with Crippen LogP contribution in [0.3, 0.4) is 0 Å². The van der Waals surface area contributed by atoms with Crippen LogP contribution >= 0.6 is 0 Å². The Morgan fingerprint density at radius 2 is 1.81 bits per heavy atom. The van der Waals surface area contributed by atoms with Crippen LogP contribution in [0.1, 0.15) is 63.5 Å². The number of unbranched alkanes of at least 4 members (excludes halogenated alkanes) is 2. The van der Waals surface area contributed by atoms with Crippen LogP contribution in [0.2, 0.25) is 0 Å². The predicted molar refractivity (Wildman–Crippen MR) is 100 cm³/mol. The molecule has 0 aliphatic rings. The van der Waals surface area contributed by atoms with Crippen molar-refractivity contribution >= 4 is 11.6 Å². The molecule has 2 rings (SSSR count). The van der Waals surface area contributed by atoms with Gasteiger partial charge >= 0.3 is 6.18 Å². The van der Waals surface area contributed by atoms with Crippen LogP contribution in [0.25, 0.3) is 0 Å². The van der Waals surface area contributed by atoms with E-state index in [1.807, 2.05) is 31.2 Å². The molecule has 0 fully saturated rings. The lowest BCUT2D eigenvalue weighted by Gasteiger charge is -2.14. The third kappa shape index (κ3) is 6.12. The van der Waals surface area contributed by atoms with Gasteiger partial charge in [-0.15, -0.1) is 0 Å². The Morgan fingerprint density at radius 1 is 1.11 bits per heavy atom. The molecule has 1 unspecified atom stereocenters. The standard InChI is InChI=1S/C20H26F3N3O/c1-4-6-7-12-27-18-17(20(21,22)23)13-24-19(26-18)25-16-10-8-15(9-11-16)14(3)5-2/h8-11,13-14H,4-7,12H2,1-3H3,(H,24,25,26). The summed E-state index contributed by atoms with van der Waals surface area (Å²) < 4.78 is 44.8. The van der Waals surface area contributed by atoms with Crippen molar-refractivity contribution in [3.63, 3.8) is 0 Å². The summed E-state index contributed by atoms with van der Waals surface area (Å²) in [5, 5.41) is 2.94. The Hall–Kier alpha value is -2.31. The number of aromatic nitrogens is 2. The van der Waals surface area contributed by atoms with Crippen LogP contribution in [0.15, 0.2) is 30.5 Å². The molecule has 0 spiro atoms. The molecule has 1 aromatic carbocycles. The van der Waals surface area contributed by atoms with Gasteiger partial charge in [-0.1, -0.05) is 45.7 Å². The lowest BCUT2D eigenvalue weighted by Crippen LogP contribution is -2.13. The maximum Gasteiger partial charge on any atom is 0.423 e. The Bertz CT molecular complexity index is 717. The minimum Gasteiger partial charge on any atom is -0.477 e. The van der Waals surface area contributed by atoms with Gasteiger partial charge in [0.25, 0.3) is 0 Å². The maximum absolute atomic E-state index is 13.2. The van der Waals surface area contributed by atoms with Crippen LogP contribution < -0.4 is 10.1 Å². The lowest BCUT2D eigenvalue weighted by molar-refractivity contribution is -0.139. The zero-order valence-corrected chi connectivity index (χ0v) is 15.9. The molecule has 0 aliphatic carbocycles. The molecule has 0 amide bonds. The van der Waals surface area contributed by atoms with E-state index in [2.05, 4.69) is 29.1 Å². The first-order chi connectivity index (χ1) is 12.8. The molecule has 0 saturated heterocycles. The molecule has 148 valence electrons. The van der Waals surface area contributed by atoms with Gasteiger partial charge in [0, 0.05) is 11.9 Å². The molecule has 27 heavy (non-hydrogen) atoms. The Balaban J connectivity index is 2.16. The van der Waals surface area contributed by atoms with Crippen LogP contribution in [0.4, 0.5) is 24.8 Å². The van der Waals surface area contributed by atoms with Gasteiger partial charge in [-0.2, -0.15) is 18.2 Å². The van der Waals surface area contributed by atoms with Crippen LogP contribution in [0.5, 0.6) is 5.88 Å². The van der Waals surface area contributed by atoms with Crippen molar-refractivity contribution in [3.8, 4) is 5.88 Å². The molecular weight excluding hydrogens is 355 g/mol. The second-order valence-electron chi connectivity index (χ2n) is 6.52. The first-order valence-electron chi connectivity index (χ1n) is 9.29. The zero-order chi connectivity index (χ0) is 19.9. The number of anilines is 2. The number of hydrogen-bond donors (Lipinski definition) is 1. The van der Waals surface area contributed by atoms with Crippen molar-refractivity contribution in [2.75, 3.05) is 11.9 Å². The quantitative estimate of drug-likeness (QED) is 0.516. The van der Waals surface area contributed by atoms with E-state index in [9.17, 15) is 13.2 Å². The van der Waals surface area contributed by atoms with Crippen molar-refractivity contribution in [1.82, 2.24) is 9.97 Å². The van der Waals surface area contributed by atoms with E-state index in [1.165, 1.54) is 5.56 Å². The van der Waals surface area contributed by atoms with Gasteiger partial charge in [0.15, 0.2) is 0 Å². The van der Waals surface area contributed by atoms with Crippen LogP contribution in [-0.2, 0) is 6.18 Å². The summed E-state index contributed by atoms with van der Waals surface area (Å²) in [7, 11) is 0. The average molecular weight is 381 g/mol. The van der Waals surface area contributed by atoms with Crippen LogP contribution in [-0.4, -0.2) is 16.6 Å². The molecular formula is C20H26F3N3O. The molecule has 0 radical (unpaired) electrons. The largest absolute Gasteiger partial charge is 0.477 e. The minimum absolute atomic E-state index is 0.0739. The van der Waals surface area contributed by atoms with Crippen molar-refractivity contribution in [3.05, 3.63) is 41.6 Å². The van der Waals surface area contributed by atoms with Crippen molar-refractivity contribution in [2.45, 2.75) is 58.5 Å². The Morgan fingerprint density at radius 3 is 2.41 bits per heavy atom. The van der Waals surface area contributed by atoms with E-state index in [-0.39, 0.29) is 12.6 Å². The van der Waals surface area contributed by atoms with E-state index in [0.29, 0.717) is 18.0 Å².